The van der Waals surface area contributed by atoms with Crippen LogP contribution in [0.4, 0.5) is 0 Å². The highest BCUT2D eigenvalue weighted by molar-refractivity contribution is 7.11. The summed E-state index contributed by atoms with van der Waals surface area (Å²) in [6, 6.07) is 0. The maximum atomic E-state index is 12.3. The van der Waals surface area contributed by atoms with Crippen molar-refractivity contribution >= 4 is 17.2 Å². The van der Waals surface area contributed by atoms with Gasteiger partial charge in [0, 0.05) is 5.41 Å². The minimum Gasteiger partial charge on any atom is -0.365 e. The fraction of sp³-hybridized carbons (Fsp3) is 0.824. The minimum absolute atomic E-state index is 0.00400. The third kappa shape index (κ3) is 5.53. The van der Waals surface area contributed by atoms with E-state index in [2.05, 4.69) is 36.3 Å². The molecule has 2 rings (SSSR count). The van der Waals surface area contributed by atoms with Crippen LogP contribution in [0.15, 0.2) is 0 Å². The van der Waals surface area contributed by atoms with Crippen molar-refractivity contribution in [2.24, 2.45) is 0 Å². The number of nitrogens with one attached hydrogen (secondary N) is 1. The molecule has 130 valence electrons. The number of hydrogen-bond acceptors (Lipinski definition) is 5. The highest BCUT2D eigenvalue weighted by Crippen LogP contribution is 2.25. The van der Waals surface area contributed by atoms with E-state index in [0.717, 1.165) is 22.9 Å². The van der Waals surface area contributed by atoms with Crippen LogP contribution < -0.4 is 5.32 Å². The maximum absolute atomic E-state index is 12.3. The molecule has 0 bridgehead atoms. The van der Waals surface area contributed by atoms with E-state index in [1.165, 1.54) is 19.3 Å². The van der Waals surface area contributed by atoms with Crippen LogP contribution in [-0.4, -0.2) is 28.3 Å². The summed E-state index contributed by atoms with van der Waals surface area (Å²) in [7, 11) is 0. The quantitative estimate of drug-likeness (QED) is 0.860. The van der Waals surface area contributed by atoms with Crippen molar-refractivity contribution in [3.05, 3.63) is 10.0 Å². The normalized spacial score (nSPS) is 17.9. The van der Waals surface area contributed by atoms with Gasteiger partial charge in [0.15, 0.2) is 0 Å². The largest absolute Gasteiger partial charge is 0.365 e. The molecule has 1 amide bonds. The molecule has 0 spiro atoms. The van der Waals surface area contributed by atoms with E-state index < -0.39 is 0 Å². The van der Waals surface area contributed by atoms with Gasteiger partial charge in [-0.25, -0.2) is 0 Å². The van der Waals surface area contributed by atoms with Crippen molar-refractivity contribution in [2.75, 3.05) is 0 Å². The van der Waals surface area contributed by atoms with Gasteiger partial charge in [0.1, 0.15) is 16.1 Å². The van der Waals surface area contributed by atoms with Crippen LogP contribution in [0.3, 0.4) is 0 Å². The zero-order chi connectivity index (χ0) is 16.9. The smallest absolute Gasteiger partial charge is 0.249 e. The summed E-state index contributed by atoms with van der Waals surface area (Å²) in [4.78, 5) is 12.3. The molecule has 6 heteroatoms. The molecular weight excluding hydrogens is 310 g/mol. The van der Waals surface area contributed by atoms with Gasteiger partial charge in [-0.15, -0.1) is 10.2 Å². The Balaban J connectivity index is 1.83. The van der Waals surface area contributed by atoms with Gasteiger partial charge in [-0.1, -0.05) is 58.3 Å². The standard InChI is InChI=1S/C17H29N3O2S/c1-5-13(22-12-9-7-6-8-10-12)15(21)18-11-14-19-20-16(23-14)17(2,3)4/h12-13H,5-11H2,1-4H3,(H,18,21). The number of carbonyl (C=O) groups is 1. The number of aromatic nitrogens is 2. The van der Waals surface area contributed by atoms with Gasteiger partial charge < -0.3 is 10.1 Å². The number of ether oxygens (including phenoxy) is 1. The first-order valence-electron chi connectivity index (χ1n) is 8.66. The first-order valence-corrected chi connectivity index (χ1v) is 9.48. The van der Waals surface area contributed by atoms with Gasteiger partial charge in [0.25, 0.3) is 0 Å². The number of hydrogen-bond donors (Lipinski definition) is 1. The second-order valence-corrected chi connectivity index (χ2v) is 8.32. The van der Waals surface area contributed by atoms with Crippen LogP contribution in [0.25, 0.3) is 0 Å². The number of amides is 1. The molecule has 1 aliphatic rings. The Morgan fingerprint density at radius 2 is 2.00 bits per heavy atom. The maximum Gasteiger partial charge on any atom is 0.249 e. The van der Waals surface area contributed by atoms with Crippen LogP contribution >= 0.6 is 11.3 Å². The SMILES string of the molecule is CCC(OC1CCCCC1)C(=O)NCc1nnc(C(C)(C)C)s1. The lowest BCUT2D eigenvalue weighted by atomic mass is 9.97. The van der Waals surface area contributed by atoms with E-state index in [1.807, 2.05) is 6.92 Å². The number of rotatable bonds is 6. The first-order chi connectivity index (χ1) is 10.9. The third-order valence-electron chi connectivity index (χ3n) is 4.09. The molecule has 1 aromatic heterocycles. The van der Waals surface area contributed by atoms with E-state index in [9.17, 15) is 4.79 Å². The molecule has 1 aliphatic carbocycles. The molecule has 0 aromatic carbocycles. The second-order valence-electron chi connectivity index (χ2n) is 7.26. The van der Waals surface area contributed by atoms with Gasteiger partial charge in [-0.2, -0.15) is 0 Å². The average Bonchev–Trinajstić information content (AvgIpc) is 3.00. The van der Waals surface area contributed by atoms with Crippen LogP contribution in [0.2, 0.25) is 0 Å². The summed E-state index contributed by atoms with van der Waals surface area (Å²) in [5.74, 6) is -0.0365. The average molecular weight is 340 g/mol. The topological polar surface area (TPSA) is 64.1 Å². The lowest BCUT2D eigenvalue weighted by molar-refractivity contribution is -0.138. The Labute approximate surface area is 143 Å². The monoisotopic (exact) mass is 339 g/mol. The lowest BCUT2D eigenvalue weighted by Crippen LogP contribution is -2.38. The summed E-state index contributed by atoms with van der Waals surface area (Å²) in [5, 5.41) is 13.2. The fourth-order valence-electron chi connectivity index (χ4n) is 2.68. The highest BCUT2D eigenvalue weighted by atomic mass is 32.1. The molecule has 23 heavy (non-hydrogen) atoms. The highest BCUT2D eigenvalue weighted by Gasteiger charge is 2.24. The molecular formula is C17H29N3O2S. The minimum atomic E-state index is -0.354. The zero-order valence-electron chi connectivity index (χ0n) is 14.7. The molecule has 5 nitrogen and oxygen atoms in total. The molecule has 1 atom stereocenters. The first kappa shape index (κ1) is 18.3. The predicted octanol–water partition coefficient (Wildman–Crippen LogP) is 3.58. The van der Waals surface area contributed by atoms with Crippen molar-refractivity contribution in [3.8, 4) is 0 Å². The Morgan fingerprint density at radius 1 is 1.30 bits per heavy atom. The van der Waals surface area contributed by atoms with Crippen LogP contribution in [-0.2, 0) is 21.5 Å². The van der Waals surface area contributed by atoms with E-state index >= 15 is 0 Å². The summed E-state index contributed by atoms with van der Waals surface area (Å²) in [6.45, 7) is 8.76. The van der Waals surface area contributed by atoms with Gasteiger partial charge >= 0.3 is 0 Å². The molecule has 1 fully saturated rings. The predicted molar refractivity (Wildman–Crippen MR) is 92.5 cm³/mol. The van der Waals surface area contributed by atoms with E-state index in [-0.39, 0.29) is 23.5 Å². The molecule has 1 N–H and O–H groups in total. The van der Waals surface area contributed by atoms with Crippen molar-refractivity contribution in [1.29, 1.82) is 0 Å². The summed E-state index contributed by atoms with van der Waals surface area (Å²) in [5.41, 5.74) is -0.00400. The molecule has 1 aromatic rings. The summed E-state index contributed by atoms with van der Waals surface area (Å²) in [6.07, 6.45) is 6.46. The Kier molecular flexibility index (Phi) is 6.53. The van der Waals surface area contributed by atoms with Gasteiger partial charge in [-0.3, -0.25) is 4.79 Å². The van der Waals surface area contributed by atoms with Gasteiger partial charge in [0.2, 0.25) is 5.91 Å². The zero-order valence-corrected chi connectivity index (χ0v) is 15.5. The van der Waals surface area contributed by atoms with Gasteiger partial charge in [-0.05, 0) is 19.3 Å². The molecule has 1 saturated carbocycles. The Bertz CT molecular complexity index is 504. The van der Waals surface area contributed by atoms with Crippen molar-refractivity contribution in [2.45, 2.75) is 90.4 Å². The van der Waals surface area contributed by atoms with E-state index in [1.54, 1.807) is 11.3 Å². The van der Waals surface area contributed by atoms with Crippen LogP contribution in [0.5, 0.6) is 0 Å². The number of carbonyl (C=O) groups excluding carboxylic acids is 1. The molecule has 0 radical (unpaired) electrons. The molecule has 1 unspecified atom stereocenters. The Morgan fingerprint density at radius 3 is 2.57 bits per heavy atom. The van der Waals surface area contributed by atoms with Crippen LogP contribution in [0.1, 0.15) is 76.2 Å². The van der Waals surface area contributed by atoms with Crippen LogP contribution in [0, 0.1) is 0 Å². The van der Waals surface area contributed by atoms with Crippen molar-refractivity contribution in [3.63, 3.8) is 0 Å². The molecule has 0 saturated heterocycles. The molecule has 1 heterocycles. The van der Waals surface area contributed by atoms with Crippen molar-refractivity contribution in [1.82, 2.24) is 15.5 Å². The molecule has 0 aliphatic heterocycles. The second kappa shape index (κ2) is 8.20. The summed E-state index contributed by atoms with van der Waals surface area (Å²) >= 11 is 1.56. The van der Waals surface area contributed by atoms with Crippen molar-refractivity contribution < 1.29 is 9.53 Å². The Hall–Kier alpha value is -1.01. The van der Waals surface area contributed by atoms with Gasteiger partial charge in [0.05, 0.1) is 12.6 Å². The van der Waals surface area contributed by atoms with E-state index in [0.29, 0.717) is 13.0 Å². The third-order valence-corrected chi connectivity index (χ3v) is 5.44. The fourth-order valence-corrected chi connectivity index (χ4v) is 3.52. The lowest BCUT2D eigenvalue weighted by Gasteiger charge is -2.26. The number of nitrogens with zero attached hydrogens (tertiary/aromatic N) is 2. The summed E-state index contributed by atoms with van der Waals surface area (Å²) < 4.78 is 6.01. The van der Waals surface area contributed by atoms with E-state index in [4.69, 9.17) is 4.74 Å².